The Hall–Kier alpha value is -0.195. The van der Waals surface area contributed by atoms with Crippen LogP contribution in [0.3, 0.4) is 0 Å². The molecule has 6 heteroatoms. The van der Waals surface area contributed by atoms with Gasteiger partial charge in [0.25, 0.3) is 0 Å². The van der Waals surface area contributed by atoms with Gasteiger partial charge in [0, 0.05) is 13.0 Å². The van der Waals surface area contributed by atoms with Gasteiger partial charge in [0.05, 0.1) is 13.2 Å². The summed E-state index contributed by atoms with van der Waals surface area (Å²) in [6.07, 6.45) is 1.54. The predicted molar refractivity (Wildman–Crippen MR) is 53.5 cm³/mol. The Labute approximate surface area is 85.4 Å². The highest BCUT2D eigenvalue weighted by Gasteiger charge is 2.04. The summed E-state index contributed by atoms with van der Waals surface area (Å²) in [6.45, 7) is 2.23. The molecular weight excluding hydrogens is 189 g/mol. The smallest absolute Gasteiger partial charge is 0.302 e. The minimum absolute atomic E-state index is 0.0491. The Kier molecular flexibility index (Phi) is 8.28. The van der Waals surface area contributed by atoms with E-state index < -0.39 is 0 Å². The molecule has 0 fully saturated rings. The summed E-state index contributed by atoms with van der Waals surface area (Å²) in [4.78, 5) is 10.4. The zero-order valence-electron chi connectivity index (χ0n) is 7.66. The van der Waals surface area contributed by atoms with Crippen molar-refractivity contribution in [2.75, 3.05) is 13.2 Å². The third kappa shape index (κ3) is 8.14. The van der Waals surface area contributed by atoms with Gasteiger partial charge < -0.3 is 14.1 Å². The molecule has 0 saturated carbocycles. The number of thiol groups is 1. The van der Waals surface area contributed by atoms with Gasteiger partial charge in [-0.25, -0.2) is 0 Å². The molecule has 2 radical (unpaired) electrons. The summed E-state index contributed by atoms with van der Waals surface area (Å²) in [7, 11) is 5.23. The number of hydrogen-bond acceptors (Lipinski definition) is 5. The van der Waals surface area contributed by atoms with E-state index in [4.69, 9.17) is 12.7 Å². The molecule has 1 N–H and O–H groups in total. The van der Waals surface area contributed by atoms with Gasteiger partial charge in [-0.2, -0.15) is 0 Å². The van der Waals surface area contributed by atoms with Crippen LogP contribution in [-0.2, 0) is 13.7 Å². The molecule has 0 heterocycles. The van der Waals surface area contributed by atoms with E-state index >= 15 is 0 Å². The van der Waals surface area contributed by atoms with Crippen LogP contribution in [0.5, 0.6) is 0 Å². The molecule has 13 heavy (non-hydrogen) atoms. The van der Waals surface area contributed by atoms with Crippen LogP contribution in [0.2, 0.25) is 0 Å². The Morgan fingerprint density at radius 1 is 1.69 bits per heavy atom. The first kappa shape index (κ1) is 12.8. The number of carbonyl (C=O) groups excluding carboxylic acids is 1. The summed E-state index contributed by atoms with van der Waals surface area (Å²) in [5, 5.41) is 2.58. The van der Waals surface area contributed by atoms with E-state index in [2.05, 4.69) is 22.3 Å². The Balaban J connectivity index is 3.32. The van der Waals surface area contributed by atoms with Gasteiger partial charge in [-0.3, -0.25) is 4.79 Å². The minimum atomic E-state index is -0.261. The van der Waals surface area contributed by atoms with Crippen LogP contribution >= 0.6 is 12.9 Å². The van der Waals surface area contributed by atoms with Crippen molar-refractivity contribution in [1.82, 2.24) is 5.23 Å². The van der Waals surface area contributed by atoms with E-state index in [9.17, 15) is 4.79 Å². The third-order valence-electron chi connectivity index (χ3n) is 1.51. The number of rotatable bonds is 7. The molecule has 0 rings (SSSR count). The van der Waals surface area contributed by atoms with Crippen LogP contribution in [0.4, 0.5) is 0 Å². The van der Waals surface area contributed by atoms with E-state index in [0.29, 0.717) is 13.2 Å². The number of hydrogen-bond donors (Lipinski definition) is 2. The van der Waals surface area contributed by atoms with Crippen molar-refractivity contribution in [3.8, 4) is 0 Å². The predicted octanol–water partition coefficient (Wildman–Crippen LogP) is 0.233. The number of carbonyl (C=O) groups is 1. The van der Waals surface area contributed by atoms with Gasteiger partial charge in [-0.05, 0) is 25.8 Å². The maximum absolute atomic E-state index is 10.4. The molecule has 4 nitrogen and oxygen atoms in total. The van der Waals surface area contributed by atoms with Crippen molar-refractivity contribution in [3.63, 3.8) is 0 Å². The van der Waals surface area contributed by atoms with Crippen molar-refractivity contribution in [1.29, 1.82) is 0 Å². The summed E-state index contributed by atoms with van der Waals surface area (Å²) in [5.41, 5.74) is 0. The molecule has 0 aliphatic rings. The zero-order chi connectivity index (χ0) is 10.1. The average Bonchev–Trinajstić information content (AvgIpc) is 2.10. The van der Waals surface area contributed by atoms with Crippen molar-refractivity contribution in [2.45, 2.75) is 25.8 Å². The summed E-state index contributed by atoms with van der Waals surface area (Å²) >= 11 is 3.61. The number of ether oxygens (including phenoxy) is 1. The molecule has 0 aromatic heterocycles. The Morgan fingerprint density at radius 3 is 2.85 bits per heavy atom. The molecule has 0 spiro atoms. The molecule has 0 aliphatic carbocycles. The Bertz CT molecular complexity index is 148. The topological polar surface area (TPSA) is 47.6 Å². The minimum Gasteiger partial charge on any atom is -0.466 e. The molecule has 1 atom stereocenters. The molecular formula is C7H14BNO3S. The van der Waals surface area contributed by atoms with Gasteiger partial charge in [-0.15, -0.1) is 0 Å². The summed E-state index contributed by atoms with van der Waals surface area (Å²) in [6, 6.07) is 0.0491. The van der Waals surface area contributed by atoms with Crippen LogP contribution in [0.15, 0.2) is 0 Å². The fourth-order valence-electron chi connectivity index (χ4n) is 0.850. The fourth-order valence-corrected chi connectivity index (χ4v) is 1.03. The molecule has 0 aliphatic heterocycles. The van der Waals surface area contributed by atoms with Gasteiger partial charge in [0.1, 0.15) is 0 Å². The lowest BCUT2D eigenvalue weighted by Crippen LogP contribution is -2.30. The SMILES string of the molecule is [B]N[C@@H](CCCOC(C)=O)COS. The quantitative estimate of drug-likeness (QED) is 0.204. The summed E-state index contributed by atoms with van der Waals surface area (Å²) in [5.74, 6) is -0.261. The second-order valence-corrected chi connectivity index (χ2v) is 2.90. The summed E-state index contributed by atoms with van der Waals surface area (Å²) < 4.78 is 9.36. The van der Waals surface area contributed by atoms with Crippen molar-refractivity contribution in [3.05, 3.63) is 0 Å². The first-order valence-electron chi connectivity index (χ1n) is 4.06. The van der Waals surface area contributed by atoms with Crippen molar-refractivity contribution in [2.24, 2.45) is 0 Å². The van der Waals surface area contributed by atoms with Gasteiger partial charge in [0.15, 0.2) is 7.98 Å². The van der Waals surface area contributed by atoms with E-state index in [1.807, 2.05) is 0 Å². The molecule has 0 amide bonds. The Morgan fingerprint density at radius 2 is 2.38 bits per heavy atom. The lowest BCUT2D eigenvalue weighted by Gasteiger charge is -2.14. The zero-order valence-corrected chi connectivity index (χ0v) is 8.55. The van der Waals surface area contributed by atoms with E-state index in [1.54, 1.807) is 0 Å². The largest absolute Gasteiger partial charge is 0.466 e. The standard InChI is InChI=1S/C7H14BNO3S/c1-6(10)11-4-2-3-7(9-8)5-12-13/h7,9,13H,2-5H2,1H3/t7-/m0/s1. The van der Waals surface area contributed by atoms with Crippen LogP contribution in [-0.4, -0.2) is 33.2 Å². The molecule has 74 valence electrons. The average molecular weight is 203 g/mol. The molecule has 0 unspecified atom stereocenters. The molecule has 0 saturated heterocycles. The highest BCUT2D eigenvalue weighted by Crippen LogP contribution is 1.99. The van der Waals surface area contributed by atoms with Gasteiger partial charge >= 0.3 is 5.97 Å². The first-order valence-corrected chi connectivity index (χ1v) is 4.43. The van der Waals surface area contributed by atoms with E-state index in [-0.39, 0.29) is 12.0 Å². The molecule has 0 aromatic carbocycles. The van der Waals surface area contributed by atoms with Crippen LogP contribution in [0, 0.1) is 0 Å². The highest BCUT2D eigenvalue weighted by molar-refractivity contribution is 7.75. The lowest BCUT2D eigenvalue weighted by molar-refractivity contribution is -0.141. The normalized spacial score (nSPS) is 12.5. The van der Waals surface area contributed by atoms with Crippen molar-refractivity contribution < 1.29 is 13.7 Å². The van der Waals surface area contributed by atoms with Gasteiger partial charge in [-0.1, -0.05) is 0 Å². The monoisotopic (exact) mass is 203 g/mol. The van der Waals surface area contributed by atoms with Crippen LogP contribution < -0.4 is 5.23 Å². The molecule has 0 bridgehead atoms. The second kappa shape index (κ2) is 8.41. The maximum atomic E-state index is 10.4. The van der Waals surface area contributed by atoms with Gasteiger partial charge in [0.2, 0.25) is 0 Å². The maximum Gasteiger partial charge on any atom is 0.302 e. The lowest BCUT2D eigenvalue weighted by atomic mass is 10.1. The first-order chi connectivity index (χ1) is 6.20. The van der Waals surface area contributed by atoms with Crippen LogP contribution in [0.25, 0.3) is 0 Å². The van der Waals surface area contributed by atoms with E-state index in [0.717, 1.165) is 12.8 Å². The second-order valence-electron chi connectivity index (χ2n) is 2.64. The fraction of sp³-hybridized carbons (Fsp3) is 0.857. The van der Waals surface area contributed by atoms with Crippen LogP contribution in [0.1, 0.15) is 19.8 Å². The van der Waals surface area contributed by atoms with Crippen molar-refractivity contribution >= 4 is 26.9 Å². The van der Waals surface area contributed by atoms with E-state index in [1.165, 1.54) is 6.92 Å². The third-order valence-corrected chi connectivity index (χ3v) is 1.66. The molecule has 0 aromatic rings. The highest BCUT2D eigenvalue weighted by atomic mass is 32.1. The number of esters is 1. The number of nitrogens with one attached hydrogen (secondary N) is 1.